The number of nitrogens with two attached hydrogens (primary N) is 1. The first kappa shape index (κ1) is 12.2. The quantitative estimate of drug-likeness (QED) is 0.354. The first-order chi connectivity index (χ1) is 4.22. The van der Waals surface area contributed by atoms with Crippen LogP contribution in [0, 0.1) is 0 Å². The van der Waals surface area contributed by atoms with Gasteiger partial charge in [-0.2, -0.15) is 0 Å². The van der Waals surface area contributed by atoms with E-state index in [1.165, 1.54) is 0 Å². The van der Waals surface area contributed by atoms with E-state index >= 15 is 0 Å². The minimum Gasteiger partial charge on any atom is -0.337 e. The number of amides is 2. The third-order valence-electron chi connectivity index (χ3n) is 0.930. The zero-order valence-electron chi connectivity index (χ0n) is 6.26. The van der Waals surface area contributed by atoms with Gasteiger partial charge in [0.2, 0.25) is 0 Å². The fourth-order valence-electron chi connectivity index (χ4n) is 0.396. The second kappa shape index (κ2) is 6.64. The molecule has 10 heavy (non-hydrogen) atoms. The van der Waals surface area contributed by atoms with Crippen molar-refractivity contribution in [2.75, 3.05) is 13.1 Å². The van der Waals surface area contributed by atoms with E-state index in [-0.39, 0.29) is 18.4 Å². The van der Waals surface area contributed by atoms with Crippen molar-refractivity contribution in [1.29, 1.82) is 0 Å². The zero-order chi connectivity index (χ0) is 7.28. The summed E-state index contributed by atoms with van der Waals surface area (Å²) in [5.41, 5.74) is 0. The summed E-state index contributed by atoms with van der Waals surface area (Å²) in [5.74, 6) is 5.22. The molecule has 0 aliphatic carbocycles. The first-order valence-electron chi connectivity index (χ1n) is 3.02. The highest BCUT2D eigenvalue weighted by Crippen LogP contribution is 1.75. The maximum absolute atomic E-state index is 10.7. The SMILES string of the molecule is CCNC(=O)N(N)CC.Cl. The van der Waals surface area contributed by atoms with Crippen molar-refractivity contribution in [2.24, 2.45) is 5.84 Å². The van der Waals surface area contributed by atoms with Crippen molar-refractivity contribution in [1.82, 2.24) is 10.3 Å². The lowest BCUT2D eigenvalue weighted by molar-refractivity contribution is 0.202. The average molecular weight is 168 g/mol. The number of halogens is 1. The fraction of sp³-hybridized carbons (Fsp3) is 0.800. The van der Waals surface area contributed by atoms with Crippen LogP contribution in [0.2, 0.25) is 0 Å². The molecule has 5 heteroatoms. The van der Waals surface area contributed by atoms with Gasteiger partial charge in [0.25, 0.3) is 0 Å². The highest BCUT2D eigenvalue weighted by molar-refractivity contribution is 5.85. The molecule has 0 saturated carbocycles. The van der Waals surface area contributed by atoms with E-state index in [9.17, 15) is 4.79 Å². The third-order valence-corrected chi connectivity index (χ3v) is 0.930. The third kappa shape index (κ3) is 4.40. The number of rotatable bonds is 2. The second-order valence-corrected chi connectivity index (χ2v) is 1.62. The number of carbonyl (C=O) groups is 1. The maximum atomic E-state index is 10.7. The summed E-state index contributed by atoms with van der Waals surface area (Å²) in [6.45, 7) is 4.81. The second-order valence-electron chi connectivity index (χ2n) is 1.62. The van der Waals surface area contributed by atoms with E-state index in [4.69, 9.17) is 5.84 Å². The maximum Gasteiger partial charge on any atom is 0.331 e. The number of nitrogens with zero attached hydrogens (tertiary/aromatic N) is 1. The van der Waals surface area contributed by atoms with Crippen molar-refractivity contribution >= 4 is 18.4 Å². The van der Waals surface area contributed by atoms with Crippen LogP contribution in [0.1, 0.15) is 13.8 Å². The minimum absolute atomic E-state index is 0. The number of carbonyl (C=O) groups excluding carboxylic acids is 1. The Bertz CT molecular complexity index is 98.9. The molecule has 0 aromatic heterocycles. The molecule has 2 amide bonds. The predicted molar refractivity (Wildman–Crippen MR) is 42.9 cm³/mol. The molecule has 0 aliphatic rings. The molecule has 4 nitrogen and oxygen atoms in total. The lowest BCUT2D eigenvalue weighted by Crippen LogP contribution is -2.44. The molecule has 0 bridgehead atoms. The van der Waals surface area contributed by atoms with Crippen LogP contribution >= 0.6 is 12.4 Å². The summed E-state index contributed by atoms with van der Waals surface area (Å²) in [6, 6.07) is -0.222. The van der Waals surface area contributed by atoms with Crippen LogP contribution in [0.25, 0.3) is 0 Å². The molecule has 0 aromatic carbocycles. The summed E-state index contributed by atoms with van der Waals surface area (Å²) >= 11 is 0. The van der Waals surface area contributed by atoms with Crippen LogP contribution in [0.3, 0.4) is 0 Å². The molecular formula is C5H14ClN3O. The molecule has 62 valence electrons. The van der Waals surface area contributed by atoms with Crippen LogP contribution < -0.4 is 11.2 Å². The lowest BCUT2D eigenvalue weighted by Gasteiger charge is -2.13. The van der Waals surface area contributed by atoms with Crippen LogP contribution in [0.5, 0.6) is 0 Å². The number of nitrogens with one attached hydrogen (secondary N) is 1. The molecule has 0 fully saturated rings. The molecule has 0 rings (SSSR count). The first-order valence-corrected chi connectivity index (χ1v) is 3.02. The van der Waals surface area contributed by atoms with Gasteiger partial charge in [-0.25, -0.2) is 10.6 Å². The van der Waals surface area contributed by atoms with Gasteiger partial charge in [0.1, 0.15) is 0 Å². The molecule has 0 spiro atoms. The fourth-order valence-corrected chi connectivity index (χ4v) is 0.396. The number of hydrogen-bond donors (Lipinski definition) is 2. The van der Waals surface area contributed by atoms with E-state index in [0.717, 1.165) is 5.01 Å². The number of hydrogen-bond acceptors (Lipinski definition) is 2. The standard InChI is InChI=1S/C5H13N3O.ClH/c1-3-7-5(9)8(6)4-2;/h3-4,6H2,1-2H3,(H,7,9);1H. The van der Waals surface area contributed by atoms with Gasteiger partial charge in [0.05, 0.1) is 0 Å². The number of urea groups is 1. The van der Waals surface area contributed by atoms with Gasteiger partial charge < -0.3 is 5.32 Å². The predicted octanol–water partition coefficient (Wildman–Crippen LogP) is 0.333. The Labute approximate surface area is 67.1 Å². The highest BCUT2D eigenvalue weighted by atomic mass is 35.5. The normalized spacial score (nSPS) is 7.90. The summed E-state index contributed by atoms with van der Waals surface area (Å²) in [4.78, 5) is 10.7. The van der Waals surface area contributed by atoms with Crippen molar-refractivity contribution in [3.63, 3.8) is 0 Å². The van der Waals surface area contributed by atoms with Crippen LogP contribution in [-0.4, -0.2) is 24.1 Å². The van der Waals surface area contributed by atoms with E-state index in [1.807, 2.05) is 13.8 Å². The monoisotopic (exact) mass is 167 g/mol. The van der Waals surface area contributed by atoms with Crippen molar-refractivity contribution < 1.29 is 4.79 Å². The number of hydrazine groups is 1. The van der Waals surface area contributed by atoms with Gasteiger partial charge in [-0.15, -0.1) is 12.4 Å². The van der Waals surface area contributed by atoms with Crippen molar-refractivity contribution in [3.8, 4) is 0 Å². The molecule has 0 unspecified atom stereocenters. The minimum atomic E-state index is -0.222. The average Bonchev–Trinajstić information content (AvgIpc) is 1.87. The van der Waals surface area contributed by atoms with E-state index in [1.54, 1.807) is 0 Å². The Morgan fingerprint density at radius 1 is 1.60 bits per heavy atom. The van der Waals surface area contributed by atoms with Gasteiger partial charge in [-0.3, -0.25) is 5.01 Å². The summed E-state index contributed by atoms with van der Waals surface area (Å²) < 4.78 is 0. The van der Waals surface area contributed by atoms with Gasteiger partial charge in [-0.1, -0.05) is 0 Å². The van der Waals surface area contributed by atoms with E-state index in [2.05, 4.69) is 5.32 Å². The van der Waals surface area contributed by atoms with Gasteiger partial charge in [0.15, 0.2) is 0 Å². The summed E-state index contributed by atoms with van der Waals surface area (Å²) in [5, 5.41) is 3.69. The Hall–Kier alpha value is -0.480. The highest BCUT2D eigenvalue weighted by Gasteiger charge is 2.01. The molecular weight excluding hydrogens is 154 g/mol. The van der Waals surface area contributed by atoms with Gasteiger partial charge in [-0.05, 0) is 13.8 Å². The molecule has 0 aliphatic heterocycles. The molecule has 0 saturated heterocycles. The van der Waals surface area contributed by atoms with Crippen LogP contribution in [0.4, 0.5) is 4.79 Å². The van der Waals surface area contributed by atoms with Gasteiger partial charge >= 0.3 is 6.03 Å². The lowest BCUT2D eigenvalue weighted by atomic mass is 10.7. The molecule has 0 aromatic rings. The molecule has 3 N–H and O–H groups in total. The van der Waals surface area contributed by atoms with E-state index < -0.39 is 0 Å². The van der Waals surface area contributed by atoms with Crippen molar-refractivity contribution in [2.45, 2.75) is 13.8 Å². The molecule has 0 atom stereocenters. The Balaban J connectivity index is 0. The Morgan fingerprint density at radius 2 is 2.10 bits per heavy atom. The van der Waals surface area contributed by atoms with Gasteiger partial charge in [0, 0.05) is 13.1 Å². The molecule has 0 radical (unpaired) electrons. The topological polar surface area (TPSA) is 58.4 Å². The Morgan fingerprint density at radius 3 is 2.40 bits per heavy atom. The summed E-state index contributed by atoms with van der Waals surface area (Å²) in [6.07, 6.45) is 0. The van der Waals surface area contributed by atoms with E-state index in [0.29, 0.717) is 13.1 Å². The molecule has 0 heterocycles. The summed E-state index contributed by atoms with van der Waals surface area (Å²) in [7, 11) is 0. The van der Waals surface area contributed by atoms with Crippen LogP contribution in [0.15, 0.2) is 0 Å². The largest absolute Gasteiger partial charge is 0.337 e. The zero-order valence-corrected chi connectivity index (χ0v) is 7.07. The smallest absolute Gasteiger partial charge is 0.331 e. The Kier molecular flexibility index (Phi) is 8.11. The van der Waals surface area contributed by atoms with Crippen LogP contribution in [-0.2, 0) is 0 Å². The van der Waals surface area contributed by atoms with Crippen molar-refractivity contribution in [3.05, 3.63) is 0 Å².